The molecule has 1 amide bonds. The predicted octanol–water partition coefficient (Wildman–Crippen LogP) is 2.16. The largest absolute Gasteiger partial charge is 0.465 e. The Bertz CT molecular complexity index is 394. The van der Waals surface area contributed by atoms with Gasteiger partial charge in [0.15, 0.2) is 0 Å². The molecule has 0 aliphatic carbocycles. The van der Waals surface area contributed by atoms with E-state index >= 15 is 0 Å². The Balaban J connectivity index is 1.94. The van der Waals surface area contributed by atoms with Crippen LogP contribution in [0.1, 0.15) is 18.9 Å². The van der Waals surface area contributed by atoms with Crippen LogP contribution in [0, 0.1) is 5.92 Å². The van der Waals surface area contributed by atoms with Gasteiger partial charge in [-0.05, 0) is 17.9 Å². The van der Waals surface area contributed by atoms with Crippen LogP contribution in [-0.2, 0) is 6.54 Å². The third kappa shape index (κ3) is 3.74. The molecule has 1 fully saturated rings. The number of carboxylic acid groups (broad SMARTS) is 1. The standard InChI is InChI=1S/C14H20N2O2/c1-11-7-13(15-14(17)18)10-16(8-11)9-12-5-3-2-4-6-12/h2-6,11,13,15H,7-10H2,1H3,(H,17,18)/t11-,13-/m0/s1. The molecule has 2 rings (SSSR count). The number of amides is 1. The summed E-state index contributed by atoms with van der Waals surface area (Å²) in [5.74, 6) is 0.527. The van der Waals surface area contributed by atoms with Crippen molar-refractivity contribution in [2.45, 2.75) is 25.9 Å². The number of rotatable bonds is 3. The number of nitrogens with zero attached hydrogens (tertiary/aromatic N) is 1. The van der Waals surface area contributed by atoms with Crippen LogP contribution in [-0.4, -0.2) is 35.2 Å². The molecule has 98 valence electrons. The Morgan fingerprint density at radius 2 is 2.11 bits per heavy atom. The summed E-state index contributed by atoms with van der Waals surface area (Å²) < 4.78 is 0. The highest BCUT2D eigenvalue weighted by Crippen LogP contribution is 2.18. The number of likely N-dealkylation sites (tertiary alicyclic amines) is 1. The van der Waals surface area contributed by atoms with Crippen molar-refractivity contribution in [2.75, 3.05) is 13.1 Å². The van der Waals surface area contributed by atoms with Gasteiger partial charge in [0.2, 0.25) is 0 Å². The van der Waals surface area contributed by atoms with Crippen LogP contribution in [0.4, 0.5) is 4.79 Å². The summed E-state index contributed by atoms with van der Waals surface area (Å²) in [6, 6.07) is 10.4. The fourth-order valence-corrected chi connectivity index (χ4v) is 2.71. The van der Waals surface area contributed by atoms with Gasteiger partial charge in [0.1, 0.15) is 0 Å². The fraction of sp³-hybridized carbons (Fsp3) is 0.500. The first-order chi connectivity index (χ1) is 8.63. The van der Waals surface area contributed by atoms with E-state index in [9.17, 15) is 4.79 Å². The molecule has 2 N–H and O–H groups in total. The van der Waals surface area contributed by atoms with E-state index in [-0.39, 0.29) is 6.04 Å². The molecule has 1 saturated heterocycles. The Hall–Kier alpha value is -1.55. The van der Waals surface area contributed by atoms with Gasteiger partial charge < -0.3 is 10.4 Å². The van der Waals surface area contributed by atoms with Crippen LogP contribution in [0.25, 0.3) is 0 Å². The molecular weight excluding hydrogens is 228 g/mol. The molecule has 0 spiro atoms. The predicted molar refractivity (Wildman–Crippen MR) is 70.4 cm³/mol. The zero-order valence-corrected chi connectivity index (χ0v) is 10.7. The summed E-state index contributed by atoms with van der Waals surface area (Å²) in [6.45, 7) is 4.90. The third-order valence-corrected chi connectivity index (χ3v) is 3.31. The molecule has 0 bridgehead atoms. The van der Waals surface area contributed by atoms with E-state index in [4.69, 9.17) is 5.11 Å². The van der Waals surface area contributed by atoms with Gasteiger partial charge >= 0.3 is 6.09 Å². The monoisotopic (exact) mass is 248 g/mol. The number of piperidine rings is 1. The van der Waals surface area contributed by atoms with Gasteiger partial charge in [0.05, 0.1) is 0 Å². The summed E-state index contributed by atoms with van der Waals surface area (Å²) in [4.78, 5) is 13.0. The second-order valence-corrected chi connectivity index (χ2v) is 5.17. The van der Waals surface area contributed by atoms with Gasteiger partial charge in [-0.3, -0.25) is 4.90 Å². The Morgan fingerprint density at radius 3 is 2.78 bits per heavy atom. The Kier molecular flexibility index (Phi) is 4.20. The zero-order chi connectivity index (χ0) is 13.0. The molecule has 18 heavy (non-hydrogen) atoms. The SMILES string of the molecule is C[C@H]1C[C@H](NC(=O)O)CN(Cc2ccccc2)C1. The van der Waals surface area contributed by atoms with Crippen molar-refractivity contribution >= 4 is 6.09 Å². The lowest BCUT2D eigenvalue weighted by atomic mass is 9.95. The van der Waals surface area contributed by atoms with Crippen LogP contribution in [0.5, 0.6) is 0 Å². The van der Waals surface area contributed by atoms with Crippen molar-refractivity contribution in [1.82, 2.24) is 10.2 Å². The highest BCUT2D eigenvalue weighted by Gasteiger charge is 2.25. The summed E-state index contributed by atoms with van der Waals surface area (Å²) in [5, 5.41) is 11.4. The maximum Gasteiger partial charge on any atom is 0.404 e. The van der Waals surface area contributed by atoms with Crippen molar-refractivity contribution in [3.63, 3.8) is 0 Å². The van der Waals surface area contributed by atoms with E-state index in [0.717, 1.165) is 26.1 Å². The van der Waals surface area contributed by atoms with E-state index in [1.807, 2.05) is 18.2 Å². The van der Waals surface area contributed by atoms with Crippen LogP contribution >= 0.6 is 0 Å². The number of benzene rings is 1. The first-order valence-electron chi connectivity index (χ1n) is 6.39. The molecule has 2 atom stereocenters. The van der Waals surface area contributed by atoms with Gasteiger partial charge in [-0.2, -0.15) is 0 Å². The average Bonchev–Trinajstić information content (AvgIpc) is 2.28. The number of carbonyl (C=O) groups is 1. The van der Waals surface area contributed by atoms with Crippen LogP contribution in [0.2, 0.25) is 0 Å². The van der Waals surface area contributed by atoms with E-state index in [1.165, 1.54) is 5.56 Å². The maximum absolute atomic E-state index is 10.7. The maximum atomic E-state index is 10.7. The second kappa shape index (κ2) is 5.87. The van der Waals surface area contributed by atoms with Gasteiger partial charge in [-0.25, -0.2) is 4.79 Å². The molecule has 1 heterocycles. The van der Waals surface area contributed by atoms with Gasteiger partial charge in [0, 0.05) is 25.7 Å². The Labute approximate surface area is 108 Å². The smallest absolute Gasteiger partial charge is 0.404 e. The van der Waals surface area contributed by atoms with E-state index in [0.29, 0.717) is 5.92 Å². The fourth-order valence-electron chi connectivity index (χ4n) is 2.71. The lowest BCUT2D eigenvalue weighted by molar-refractivity contribution is 0.133. The van der Waals surface area contributed by atoms with Crippen molar-refractivity contribution < 1.29 is 9.90 Å². The molecule has 0 aromatic heterocycles. The highest BCUT2D eigenvalue weighted by atomic mass is 16.4. The topological polar surface area (TPSA) is 52.6 Å². The molecule has 4 nitrogen and oxygen atoms in total. The molecule has 1 aliphatic heterocycles. The quantitative estimate of drug-likeness (QED) is 0.862. The molecule has 4 heteroatoms. The summed E-state index contributed by atoms with van der Waals surface area (Å²) in [5.41, 5.74) is 1.28. The van der Waals surface area contributed by atoms with E-state index < -0.39 is 6.09 Å². The van der Waals surface area contributed by atoms with Crippen LogP contribution in [0.3, 0.4) is 0 Å². The van der Waals surface area contributed by atoms with Gasteiger partial charge in [-0.15, -0.1) is 0 Å². The minimum Gasteiger partial charge on any atom is -0.465 e. The summed E-state index contributed by atoms with van der Waals surface area (Å²) >= 11 is 0. The molecule has 0 radical (unpaired) electrons. The van der Waals surface area contributed by atoms with Crippen molar-refractivity contribution in [3.8, 4) is 0 Å². The minimum atomic E-state index is -0.922. The normalized spacial score (nSPS) is 24.7. The zero-order valence-electron chi connectivity index (χ0n) is 10.7. The minimum absolute atomic E-state index is 0.0509. The average molecular weight is 248 g/mol. The second-order valence-electron chi connectivity index (χ2n) is 5.17. The Morgan fingerprint density at radius 1 is 1.39 bits per heavy atom. The van der Waals surface area contributed by atoms with Gasteiger partial charge in [-0.1, -0.05) is 37.3 Å². The lowest BCUT2D eigenvalue weighted by Crippen LogP contribution is -2.49. The molecule has 0 unspecified atom stereocenters. The summed E-state index contributed by atoms with van der Waals surface area (Å²) in [6.07, 6.45) is 0.00572. The van der Waals surface area contributed by atoms with E-state index in [2.05, 4.69) is 29.3 Å². The molecular formula is C14H20N2O2. The third-order valence-electron chi connectivity index (χ3n) is 3.31. The summed E-state index contributed by atoms with van der Waals surface area (Å²) in [7, 11) is 0. The number of nitrogens with one attached hydrogen (secondary N) is 1. The van der Waals surface area contributed by atoms with Crippen molar-refractivity contribution in [2.24, 2.45) is 5.92 Å². The van der Waals surface area contributed by atoms with Gasteiger partial charge in [0.25, 0.3) is 0 Å². The van der Waals surface area contributed by atoms with Crippen molar-refractivity contribution in [1.29, 1.82) is 0 Å². The number of hydrogen-bond donors (Lipinski definition) is 2. The first-order valence-corrected chi connectivity index (χ1v) is 6.39. The van der Waals surface area contributed by atoms with Crippen LogP contribution < -0.4 is 5.32 Å². The van der Waals surface area contributed by atoms with Crippen molar-refractivity contribution in [3.05, 3.63) is 35.9 Å². The number of hydrogen-bond acceptors (Lipinski definition) is 2. The molecule has 1 aromatic carbocycles. The molecule has 1 aromatic rings. The molecule has 0 saturated carbocycles. The highest BCUT2D eigenvalue weighted by molar-refractivity contribution is 5.64. The lowest BCUT2D eigenvalue weighted by Gasteiger charge is -2.36. The first kappa shape index (κ1) is 12.9. The van der Waals surface area contributed by atoms with E-state index in [1.54, 1.807) is 0 Å². The van der Waals surface area contributed by atoms with Crippen LogP contribution in [0.15, 0.2) is 30.3 Å². The molecule has 1 aliphatic rings.